The van der Waals surface area contributed by atoms with Gasteiger partial charge in [-0.05, 0) is 24.1 Å². The minimum Gasteiger partial charge on any atom is -0.515 e. The first kappa shape index (κ1) is 22.3. The maximum Gasteiger partial charge on any atom is 0.200 e. The Labute approximate surface area is 167 Å². The number of benzene rings is 1. The molecule has 2 rings (SSSR count). The molecule has 5 nitrogen and oxygen atoms in total. The third kappa shape index (κ3) is 6.57. The molecule has 0 atom stereocenters. The van der Waals surface area contributed by atoms with Crippen molar-refractivity contribution in [2.75, 3.05) is 6.61 Å². The number of carbonyl (C=O) groups excluding carboxylic acids is 2. The van der Waals surface area contributed by atoms with Crippen molar-refractivity contribution in [3.05, 3.63) is 46.7 Å². The molecule has 154 valence electrons. The first-order chi connectivity index (χ1) is 13.7. The molecule has 1 aliphatic rings. The van der Waals surface area contributed by atoms with Gasteiger partial charge in [-0.25, -0.2) is 9.78 Å². The molecular weight excluding hydrogens is 356 g/mol. The van der Waals surface area contributed by atoms with Crippen molar-refractivity contribution in [2.24, 2.45) is 0 Å². The number of hydrogen-bond donors (Lipinski definition) is 1. The minimum absolute atomic E-state index is 0.190. The Hall–Kier alpha value is -1.98. The van der Waals surface area contributed by atoms with Crippen LogP contribution in [0, 0.1) is 0 Å². The van der Waals surface area contributed by atoms with Gasteiger partial charge in [-0.15, -0.1) is 0 Å². The number of unbranched alkanes of at least 4 members (excludes halogenated alkanes) is 9. The topological polar surface area (TPSA) is 72.8 Å². The second kappa shape index (κ2) is 12.5. The van der Waals surface area contributed by atoms with Gasteiger partial charge in [0.15, 0.2) is 0 Å². The lowest BCUT2D eigenvalue weighted by Gasteiger charge is -2.06. The Morgan fingerprint density at radius 3 is 2.07 bits per heavy atom. The SMILES string of the molecule is CCCCCCCCCCCCOOCc1ccc2c(c1)C(=O)/C(=C\O)C2=O. The summed E-state index contributed by atoms with van der Waals surface area (Å²) in [7, 11) is 0. The van der Waals surface area contributed by atoms with Crippen LogP contribution < -0.4 is 0 Å². The minimum atomic E-state index is -0.448. The fourth-order valence-electron chi connectivity index (χ4n) is 3.39. The molecule has 1 aromatic carbocycles. The van der Waals surface area contributed by atoms with E-state index in [4.69, 9.17) is 14.9 Å². The fraction of sp³-hybridized carbons (Fsp3) is 0.565. The molecule has 0 saturated heterocycles. The molecule has 0 saturated carbocycles. The molecule has 0 aliphatic heterocycles. The van der Waals surface area contributed by atoms with Gasteiger partial charge in [0.2, 0.25) is 11.6 Å². The maximum absolute atomic E-state index is 12.1. The normalized spacial score (nSPS) is 14.8. The molecule has 0 bridgehead atoms. The molecule has 28 heavy (non-hydrogen) atoms. The zero-order valence-electron chi connectivity index (χ0n) is 16.9. The second-order valence-corrected chi connectivity index (χ2v) is 7.35. The highest BCUT2D eigenvalue weighted by molar-refractivity contribution is 6.39. The third-order valence-electron chi connectivity index (χ3n) is 5.08. The highest BCUT2D eigenvalue weighted by atomic mass is 17.2. The summed E-state index contributed by atoms with van der Waals surface area (Å²) < 4.78 is 0. The van der Waals surface area contributed by atoms with Crippen LogP contribution in [0.1, 0.15) is 97.4 Å². The van der Waals surface area contributed by atoms with Crippen molar-refractivity contribution in [2.45, 2.75) is 77.7 Å². The molecule has 1 aromatic rings. The van der Waals surface area contributed by atoms with Gasteiger partial charge in [0.25, 0.3) is 0 Å². The summed E-state index contributed by atoms with van der Waals surface area (Å²) >= 11 is 0. The summed E-state index contributed by atoms with van der Waals surface area (Å²) in [5.41, 5.74) is 1.19. The molecule has 0 fully saturated rings. The molecule has 1 aliphatic carbocycles. The van der Waals surface area contributed by atoms with Gasteiger partial charge in [-0.2, -0.15) is 0 Å². The average molecular weight is 389 g/mol. The van der Waals surface area contributed by atoms with Gasteiger partial charge in [-0.1, -0.05) is 70.8 Å². The summed E-state index contributed by atoms with van der Waals surface area (Å²) in [5, 5.41) is 9.04. The van der Waals surface area contributed by atoms with E-state index in [-0.39, 0.29) is 12.2 Å². The number of aliphatic hydroxyl groups is 1. The summed E-state index contributed by atoms with van der Waals surface area (Å²) in [5.74, 6) is -0.886. The summed E-state index contributed by atoms with van der Waals surface area (Å²) in [6.45, 7) is 3.01. The largest absolute Gasteiger partial charge is 0.515 e. The molecule has 0 amide bonds. The first-order valence-corrected chi connectivity index (χ1v) is 10.5. The van der Waals surface area contributed by atoms with Gasteiger partial charge in [0.1, 0.15) is 12.2 Å². The predicted molar refractivity (Wildman–Crippen MR) is 108 cm³/mol. The predicted octanol–water partition coefficient (Wildman–Crippen LogP) is 5.88. The number of Topliss-reactive ketones (excluding diaryl/α,β-unsaturated/α-hetero) is 2. The van der Waals surface area contributed by atoms with Crippen LogP contribution in [0.3, 0.4) is 0 Å². The van der Waals surface area contributed by atoms with Crippen LogP contribution in [0.15, 0.2) is 30.0 Å². The van der Waals surface area contributed by atoms with Crippen LogP contribution in [-0.4, -0.2) is 23.3 Å². The van der Waals surface area contributed by atoms with Crippen molar-refractivity contribution in [3.63, 3.8) is 0 Å². The third-order valence-corrected chi connectivity index (χ3v) is 5.08. The Bertz CT molecular complexity index is 678. The Morgan fingerprint density at radius 2 is 1.43 bits per heavy atom. The fourth-order valence-corrected chi connectivity index (χ4v) is 3.39. The van der Waals surface area contributed by atoms with Crippen LogP contribution in [0.25, 0.3) is 0 Å². The van der Waals surface area contributed by atoms with Crippen LogP contribution in [0.2, 0.25) is 0 Å². The molecule has 5 heteroatoms. The Morgan fingerprint density at radius 1 is 0.821 bits per heavy atom. The number of hydrogen-bond acceptors (Lipinski definition) is 5. The highest BCUT2D eigenvalue weighted by Gasteiger charge is 2.33. The van der Waals surface area contributed by atoms with Crippen molar-refractivity contribution in [3.8, 4) is 0 Å². The van der Waals surface area contributed by atoms with Gasteiger partial charge < -0.3 is 5.11 Å². The van der Waals surface area contributed by atoms with E-state index in [1.165, 1.54) is 51.4 Å². The molecule has 0 heterocycles. The summed E-state index contributed by atoms with van der Waals surface area (Å²) in [4.78, 5) is 34.4. The maximum atomic E-state index is 12.1. The smallest absolute Gasteiger partial charge is 0.200 e. The number of ketones is 2. The molecule has 0 aromatic heterocycles. The Kier molecular flexibility index (Phi) is 9.94. The lowest BCUT2D eigenvalue weighted by molar-refractivity contribution is -0.304. The highest BCUT2D eigenvalue weighted by Crippen LogP contribution is 2.27. The monoisotopic (exact) mass is 388 g/mol. The number of allylic oxidation sites excluding steroid dienone is 1. The molecule has 0 spiro atoms. The lowest BCUT2D eigenvalue weighted by Crippen LogP contribution is -2.00. The zero-order chi connectivity index (χ0) is 20.2. The zero-order valence-corrected chi connectivity index (χ0v) is 16.9. The van der Waals surface area contributed by atoms with Crippen molar-refractivity contribution in [1.82, 2.24) is 0 Å². The number of rotatable bonds is 14. The van der Waals surface area contributed by atoms with E-state index in [2.05, 4.69) is 6.92 Å². The Balaban J connectivity index is 1.54. The van der Waals surface area contributed by atoms with Crippen molar-refractivity contribution in [1.29, 1.82) is 0 Å². The van der Waals surface area contributed by atoms with E-state index >= 15 is 0 Å². The standard InChI is InChI=1S/C23H32O5/c1-2-3-4-5-6-7-8-9-10-11-14-27-28-17-18-12-13-19-20(15-18)23(26)21(16-24)22(19)25/h12-13,15-16,24H,2-11,14,17H2,1H3/b21-16-. The van der Waals surface area contributed by atoms with Gasteiger partial charge in [0, 0.05) is 11.1 Å². The van der Waals surface area contributed by atoms with Crippen LogP contribution in [-0.2, 0) is 16.4 Å². The van der Waals surface area contributed by atoms with E-state index in [9.17, 15) is 9.59 Å². The van der Waals surface area contributed by atoms with Gasteiger partial charge >= 0.3 is 0 Å². The molecule has 1 N–H and O–H groups in total. The average Bonchev–Trinajstić information content (AvgIpc) is 2.95. The van der Waals surface area contributed by atoms with Gasteiger partial charge in [-0.3, -0.25) is 9.59 Å². The quantitative estimate of drug-likeness (QED) is 0.108. The van der Waals surface area contributed by atoms with Crippen molar-refractivity contribution >= 4 is 11.6 Å². The van der Waals surface area contributed by atoms with Gasteiger partial charge in [0.05, 0.1) is 12.9 Å². The number of fused-ring (bicyclic) bond motifs is 1. The van der Waals surface area contributed by atoms with E-state index in [0.29, 0.717) is 24.0 Å². The van der Waals surface area contributed by atoms with E-state index < -0.39 is 11.6 Å². The number of aliphatic hydroxyl groups excluding tert-OH is 1. The molecular formula is C23H32O5. The summed E-state index contributed by atoms with van der Waals surface area (Å²) in [6, 6.07) is 4.94. The van der Waals surface area contributed by atoms with Crippen LogP contribution in [0.5, 0.6) is 0 Å². The van der Waals surface area contributed by atoms with Crippen LogP contribution >= 0.6 is 0 Å². The van der Waals surface area contributed by atoms with Crippen molar-refractivity contribution < 1.29 is 24.5 Å². The molecule has 0 radical (unpaired) electrons. The molecule has 0 unspecified atom stereocenters. The summed E-state index contributed by atoms with van der Waals surface area (Å²) in [6.07, 6.45) is 13.3. The second-order valence-electron chi connectivity index (χ2n) is 7.35. The lowest BCUT2D eigenvalue weighted by atomic mass is 10.1. The van der Waals surface area contributed by atoms with E-state index in [1.807, 2.05) is 0 Å². The van der Waals surface area contributed by atoms with E-state index in [0.717, 1.165) is 18.4 Å². The van der Waals surface area contributed by atoms with E-state index in [1.54, 1.807) is 18.2 Å². The first-order valence-electron chi connectivity index (χ1n) is 10.5. The van der Waals surface area contributed by atoms with Crippen LogP contribution in [0.4, 0.5) is 0 Å². The number of carbonyl (C=O) groups is 2.